The first-order valence-corrected chi connectivity index (χ1v) is 4.39. The zero-order valence-corrected chi connectivity index (χ0v) is 7.25. The smallest absolute Gasteiger partial charge is 0.374 e. The van der Waals surface area contributed by atoms with Crippen LogP contribution < -0.4 is 0 Å². The van der Waals surface area contributed by atoms with Crippen LogP contribution in [0.4, 0.5) is 0 Å². The van der Waals surface area contributed by atoms with E-state index < -0.39 is 5.97 Å². The molecule has 0 aliphatic heterocycles. The fourth-order valence-electron chi connectivity index (χ4n) is 0.916. The highest BCUT2D eigenvalue weighted by Gasteiger charge is 2.12. The lowest BCUT2D eigenvalue weighted by molar-refractivity contribution is 0.0652. The monoisotopic (exact) mass is 195 g/mol. The van der Waals surface area contributed by atoms with Crippen LogP contribution in [0.1, 0.15) is 10.6 Å². The fraction of sp³-hybridized carbons (Fsp3) is 0. The number of nitrogens with zero attached hydrogens (tertiary/aromatic N) is 1. The average Bonchev–Trinajstić information content (AvgIpc) is 2.75. The predicted octanol–water partition coefficient (Wildman–Crippen LogP) is 2.10. The standard InChI is InChI=1S/C8H5NO3S/c10-8(11)6-4-5(9-12-6)7-2-1-3-13-7/h1-4H,(H,10,11). The van der Waals surface area contributed by atoms with E-state index in [4.69, 9.17) is 5.11 Å². The molecular weight excluding hydrogens is 190 g/mol. The fourth-order valence-corrected chi connectivity index (χ4v) is 1.59. The minimum atomic E-state index is -1.10. The first-order chi connectivity index (χ1) is 6.27. The Kier molecular flexibility index (Phi) is 1.86. The molecule has 0 amide bonds. The van der Waals surface area contributed by atoms with E-state index in [9.17, 15) is 4.79 Å². The quantitative estimate of drug-likeness (QED) is 0.797. The zero-order chi connectivity index (χ0) is 9.26. The van der Waals surface area contributed by atoms with E-state index in [0.29, 0.717) is 5.69 Å². The summed E-state index contributed by atoms with van der Waals surface area (Å²) in [6.45, 7) is 0. The van der Waals surface area contributed by atoms with Crippen LogP contribution in [0.15, 0.2) is 28.1 Å². The number of rotatable bonds is 2. The van der Waals surface area contributed by atoms with Crippen molar-refractivity contribution in [1.29, 1.82) is 0 Å². The molecular formula is C8H5NO3S. The number of thiophene rings is 1. The Morgan fingerprint density at radius 3 is 3.00 bits per heavy atom. The van der Waals surface area contributed by atoms with Gasteiger partial charge in [-0.05, 0) is 11.4 Å². The Morgan fingerprint density at radius 2 is 2.46 bits per heavy atom. The lowest BCUT2D eigenvalue weighted by Crippen LogP contribution is -1.91. The molecule has 5 heteroatoms. The van der Waals surface area contributed by atoms with Gasteiger partial charge in [-0.15, -0.1) is 11.3 Å². The van der Waals surface area contributed by atoms with E-state index >= 15 is 0 Å². The highest BCUT2D eigenvalue weighted by molar-refractivity contribution is 7.13. The summed E-state index contributed by atoms with van der Waals surface area (Å²) in [5.41, 5.74) is 0.562. The predicted molar refractivity (Wildman–Crippen MR) is 46.8 cm³/mol. The van der Waals surface area contributed by atoms with Crippen molar-refractivity contribution in [2.75, 3.05) is 0 Å². The Bertz CT molecular complexity index is 418. The number of hydrogen-bond donors (Lipinski definition) is 1. The minimum absolute atomic E-state index is 0.136. The lowest BCUT2D eigenvalue weighted by atomic mass is 10.3. The first-order valence-electron chi connectivity index (χ1n) is 3.51. The molecule has 0 saturated heterocycles. The van der Waals surface area contributed by atoms with Crippen molar-refractivity contribution < 1.29 is 14.4 Å². The van der Waals surface area contributed by atoms with Gasteiger partial charge in [0.05, 0.1) is 4.88 Å². The van der Waals surface area contributed by atoms with Gasteiger partial charge < -0.3 is 9.63 Å². The molecule has 1 N–H and O–H groups in total. The second-order valence-corrected chi connectivity index (χ2v) is 3.31. The van der Waals surface area contributed by atoms with E-state index in [2.05, 4.69) is 9.68 Å². The summed E-state index contributed by atoms with van der Waals surface area (Å²) < 4.78 is 4.61. The molecule has 66 valence electrons. The number of aromatic carboxylic acids is 1. The maximum absolute atomic E-state index is 10.5. The molecule has 0 spiro atoms. The summed E-state index contributed by atoms with van der Waals surface area (Å²) in [6.07, 6.45) is 0. The van der Waals surface area contributed by atoms with Crippen molar-refractivity contribution in [3.05, 3.63) is 29.3 Å². The van der Waals surface area contributed by atoms with Crippen molar-refractivity contribution in [3.8, 4) is 10.6 Å². The summed E-state index contributed by atoms with van der Waals surface area (Å²) in [6, 6.07) is 5.14. The van der Waals surface area contributed by atoms with Crippen molar-refractivity contribution in [2.24, 2.45) is 0 Å². The van der Waals surface area contributed by atoms with Crippen molar-refractivity contribution in [2.45, 2.75) is 0 Å². The third-order valence-electron chi connectivity index (χ3n) is 1.49. The van der Waals surface area contributed by atoms with Crippen molar-refractivity contribution >= 4 is 17.3 Å². The minimum Gasteiger partial charge on any atom is -0.475 e. The number of aromatic nitrogens is 1. The van der Waals surface area contributed by atoms with Crippen LogP contribution in [0.3, 0.4) is 0 Å². The third-order valence-corrected chi connectivity index (χ3v) is 2.39. The first kappa shape index (κ1) is 8.00. The van der Waals surface area contributed by atoms with Gasteiger partial charge in [0.15, 0.2) is 0 Å². The van der Waals surface area contributed by atoms with Gasteiger partial charge in [-0.25, -0.2) is 4.79 Å². The molecule has 0 atom stereocenters. The van der Waals surface area contributed by atoms with Crippen LogP contribution in [-0.4, -0.2) is 16.2 Å². The van der Waals surface area contributed by atoms with Gasteiger partial charge in [0, 0.05) is 6.07 Å². The summed E-state index contributed by atoms with van der Waals surface area (Å²) in [5, 5.41) is 14.1. The van der Waals surface area contributed by atoms with Gasteiger partial charge in [-0.1, -0.05) is 11.2 Å². The topological polar surface area (TPSA) is 63.3 Å². The highest BCUT2D eigenvalue weighted by atomic mass is 32.1. The molecule has 13 heavy (non-hydrogen) atoms. The van der Waals surface area contributed by atoms with Gasteiger partial charge >= 0.3 is 5.97 Å². The summed E-state index contributed by atoms with van der Waals surface area (Å²) in [4.78, 5) is 11.4. The molecule has 0 saturated carbocycles. The molecule has 2 aromatic rings. The molecule has 4 nitrogen and oxygen atoms in total. The Morgan fingerprint density at radius 1 is 1.62 bits per heavy atom. The number of carbonyl (C=O) groups is 1. The van der Waals surface area contributed by atoms with E-state index in [0.717, 1.165) is 4.88 Å². The van der Waals surface area contributed by atoms with Gasteiger partial charge in [0.25, 0.3) is 0 Å². The van der Waals surface area contributed by atoms with Gasteiger partial charge in [-0.3, -0.25) is 0 Å². The zero-order valence-electron chi connectivity index (χ0n) is 6.43. The second-order valence-electron chi connectivity index (χ2n) is 2.36. The van der Waals surface area contributed by atoms with Crippen molar-refractivity contribution in [1.82, 2.24) is 5.16 Å². The third kappa shape index (κ3) is 1.46. The van der Waals surface area contributed by atoms with Crippen LogP contribution in [0.25, 0.3) is 10.6 Å². The Hall–Kier alpha value is -1.62. The number of carboxylic acid groups (broad SMARTS) is 1. The van der Waals surface area contributed by atoms with E-state index in [1.165, 1.54) is 17.4 Å². The molecule has 0 aliphatic rings. The SMILES string of the molecule is O=C(O)c1cc(-c2cccs2)no1. The molecule has 0 aliphatic carbocycles. The molecule has 0 bridgehead atoms. The highest BCUT2D eigenvalue weighted by Crippen LogP contribution is 2.23. The van der Waals surface area contributed by atoms with E-state index in [-0.39, 0.29) is 5.76 Å². The van der Waals surface area contributed by atoms with Crippen LogP contribution in [0.2, 0.25) is 0 Å². The summed E-state index contributed by atoms with van der Waals surface area (Å²) >= 11 is 1.49. The average molecular weight is 195 g/mol. The summed E-state index contributed by atoms with van der Waals surface area (Å²) in [7, 11) is 0. The van der Waals surface area contributed by atoms with Gasteiger partial charge in [0.2, 0.25) is 5.76 Å². The van der Waals surface area contributed by atoms with Gasteiger partial charge in [0.1, 0.15) is 5.69 Å². The molecule has 2 rings (SSSR count). The molecule has 0 aromatic carbocycles. The molecule has 0 fully saturated rings. The number of carboxylic acids is 1. The van der Waals surface area contributed by atoms with Crippen LogP contribution in [0, 0.1) is 0 Å². The van der Waals surface area contributed by atoms with Crippen LogP contribution >= 0.6 is 11.3 Å². The molecule has 2 heterocycles. The molecule has 0 unspecified atom stereocenters. The normalized spacial score (nSPS) is 10.2. The maximum atomic E-state index is 10.5. The maximum Gasteiger partial charge on any atom is 0.374 e. The molecule has 2 aromatic heterocycles. The van der Waals surface area contributed by atoms with Crippen LogP contribution in [0.5, 0.6) is 0 Å². The van der Waals surface area contributed by atoms with Crippen LogP contribution in [-0.2, 0) is 0 Å². The summed E-state index contributed by atoms with van der Waals surface area (Å²) in [5.74, 6) is -1.24. The lowest BCUT2D eigenvalue weighted by Gasteiger charge is -1.82. The second kappa shape index (κ2) is 3.02. The Balaban J connectivity index is 2.39. The van der Waals surface area contributed by atoms with E-state index in [1.54, 1.807) is 0 Å². The number of hydrogen-bond acceptors (Lipinski definition) is 4. The van der Waals surface area contributed by atoms with Crippen molar-refractivity contribution in [3.63, 3.8) is 0 Å². The van der Waals surface area contributed by atoms with E-state index in [1.807, 2.05) is 17.5 Å². The van der Waals surface area contributed by atoms with Gasteiger partial charge in [-0.2, -0.15) is 0 Å². The molecule has 0 radical (unpaired) electrons. The Labute approximate surface area is 77.4 Å². The largest absolute Gasteiger partial charge is 0.475 e.